The molecule has 6 heteroatoms. The summed E-state index contributed by atoms with van der Waals surface area (Å²) in [5.41, 5.74) is 2.00. The van der Waals surface area contributed by atoms with Crippen molar-refractivity contribution in [2.75, 3.05) is 11.9 Å². The topological polar surface area (TPSA) is 84.5 Å². The predicted octanol–water partition coefficient (Wildman–Crippen LogP) is 3.46. The number of hydrogen-bond acceptors (Lipinski definition) is 4. The number of benzene rings is 2. The summed E-state index contributed by atoms with van der Waals surface area (Å²) in [6.45, 7) is 1.38. The average Bonchev–Trinajstić information content (AvgIpc) is 3.20. The number of ether oxygens (including phenoxy) is 1. The molecule has 2 aromatic carbocycles. The Morgan fingerprint density at radius 2 is 1.61 bits per heavy atom. The molecule has 2 N–H and O–H groups in total. The number of amides is 2. The summed E-state index contributed by atoms with van der Waals surface area (Å²) in [7, 11) is 0. The highest BCUT2D eigenvalue weighted by atomic mass is 16.5. The molecule has 28 heavy (non-hydrogen) atoms. The summed E-state index contributed by atoms with van der Waals surface area (Å²) in [5.74, 6) is -1.26. The summed E-state index contributed by atoms with van der Waals surface area (Å²) >= 11 is 0. The molecule has 6 nitrogen and oxygen atoms in total. The van der Waals surface area contributed by atoms with E-state index in [0.717, 1.165) is 31.2 Å². The third-order valence-corrected chi connectivity index (χ3v) is 4.84. The van der Waals surface area contributed by atoms with E-state index in [-0.39, 0.29) is 11.9 Å². The Hall–Kier alpha value is -3.15. The highest BCUT2D eigenvalue weighted by Crippen LogP contribution is 2.20. The Kier molecular flexibility index (Phi) is 6.42. The van der Waals surface area contributed by atoms with Crippen molar-refractivity contribution in [3.8, 4) is 0 Å². The molecule has 2 amide bonds. The maximum absolute atomic E-state index is 12.5. The molecule has 0 unspecified atom stereocenters. The first kappa shape index (κ1) is 19.6. The van der Waals surface area contributed by atoms with Crippen LogP contribution in [0.4, 0.5) is 5.69 Å². The molecule has 0 bridgehead atoms. The van der Waals surface area contributed by atoms with E-state index >= 15 is 0 Å². The number of anilines is 1. The van der Waals surface area contributed by atoms with Crippen molar-refractivity contribution < 1.29 is 19.1 Å². The van der Waals surface area contributed by atoms with E-state index < -0.39 is 18.5 Å². The summed E-state index contributed by atoms with van der Waals surface area (Å²) in [6.07, 6.45) is 4.20. The van der Waals surface area contributed by atoms with Gasteiger partial charge < -0.3 is 15.4 Å². The standard InChI is InChI=1S/C22H24N2O4/c1-15-8-2-5-11-17(15)22(27)28-14-20(25)24-19-13-7-6-12-18(19)21(26)23-16-9-3-4-10-16/h2,5-8,11-13,16H,3-4,9-10,14H2,1H3,(H,23,26)(H,24,25). The summed E-state index contributed by atoms with van der Waals surface area (Å²) in [4.78, 5) is 36.9. The third-order valence-electron chi connectivity index (χ3n) is 4.84. The number of para-hydroxylation sites is 1. The Labute approximate surface area is 164 Å². The molecule has 1 aliphatic rings. The number of nitrogens with one attached hydrogen (secondary N) is 2. The minimum Gasteiger partial charge on any atom is -0.452 e. The van der Waals surface area contributed by atoms with Crippen LogP contribution in [0, 0.1) is 6.92 Å². The fourth-order valence-corrected chi connectivity index (χ4v) is 3.32. The van der Waals surface area contributed by atoms with E-state index in [1.54, 1.807) is 49.4 Å². The van der Waals surface area contributed by atoms with Gasteiger partial charge in [0, 0.05) is 6.04 Å². The van der Waals surface area contributed by atoms with Crippen LogP contribution < -0.4 is 10.6 Å². The van der Waals surface area contributed by atoms with Crippen molar-refractivity contribution >= 4 is 23.5 Å². The highest BCUT2D eigenvalue weighted by Gasteiger charge is 2.20. The number of hydrogen-bond donors (Lipinski definition) is 2. The van der Waals surface area contributed by atoms with Crippen molar-refractivity contribution in [2.24, 2.45) is 0 Å². The van der Waals surface area contributed by atoms with Gasteiger partial charge >= 0.3 is 5.97 Å². The SMILES string of the molecule is Cc1ccccc1C(=O)OCC(=O)Nc1ccccc1C(=O)NC1CCCC1. The van der Waals surface area contributed by atoms with Crippen LogP contribution in [0.2, 0.25) is 0 Å². The number of esters is 1. The summed E-state index contributed by atoms with van der Waals surface area (Å²) in [6, 6.07) is 14.0. The molecule has 0 heterocycles. The van der Waals surface area contributed by atoms with Crippen molar-refractivity contribution in [3.63, 3.8) is 0 Å². The zero-order valence-electron chi connectivity index (χ0n) is 15.9. The molecular weight excluding hydrogens is 356 g/mol. The lowest BCUT2D eigenvalue weighted by molar-refractivity contribution is -0.119. The monoisotopic (exact) mass is 380 g/mol. The van der Waals surface area contributed by atoms with Crippen LogP contribution in [-0.2, 0) is 9.53 Å². The molecule has 0 saturated heterocycles. The van der Waals surface area contributed by atoms with Crippen LogP contribution in [0.15, 0.2) is 48.5 Å². The van der Waals surface area contributed by atoms with E-state index in [4.69, 9.17) is 4.74 Å². The molecule has 2 aromatic rings. The van der Waals surface area contributed by atoms with Crippen molar-refractivity contribution in [2.45, 2.75) is 38.6 Å². The summed E-state index contributed by atoms with van der Waals surface area (Å²) < 4.78 is 5.10. The van der Waals surface area contributed by atoms with Gasteiger partial charge in [-0.3, -0.25) is 9.59 Å². The second-order valence-electron chi connectivity index (χ2n) is 6.94. The minimum absolute atomic E-state index is 0.186. The highest BCUT2D eigenvalue weighted by molar-refractivity contribution is 6.04. The van der Waals surface area contributed by atoms with Gasteiger partial charge in [-0.05, 0) is 43.5 Å². The van der Waals surface area contributed by atoms with Gasteiger partial charge in [0.15, 0.2) is 6.61 Å². The van der Waals surface area contributed by atoms with Gasteiger partial charge in [-0.1, -0.05) is 43.2 Å². The lowest BCUT2D eigenvalue weighted by Gasteiger charge is -2.15. The van der Waals surface area contributed by atoms with Crippen LogP contribution >= 0.6 is 0 Å². The lowest BCUT2D eigenvalue weighted by Crippen LogP contribution is -2.33. The first-order valence-electron chi connectivity index (χ1n) is 9.47. The largest absolute Gasteiger partial charge is 0.452 e. The van der Waals surface area contributed by atoms with Crippen LogP contribution in [-0.4, -0.2) is 30.4 Å². The van der Waals surface area contributed by atoms with Crippen LogP contribution in [0.25, 0.3) is 0 Å². The van der Waals surface area contributed by atoms with Gasteiger partial charge in [0.2, 0.25) is 0 Å². The smallest absolute Gasteiger partial charge is 0.338 e. The zero-order chi connectivity index (χ0) is 19.9. The van der Waals surface area contributed by atoms with Gasteiger partial charge in [0.1, 0.15) is 0 Å². The Morgan fingerprint density at radius 3 is 2.32 bits per heavy atom. The second-order valence-corrected chi connectivity index (χ2v) is 6.94. The van der Waals surface area contributed by atoms with Crippen molar-refractivity contribution in [1.29, 1.82) is 0 Å². The molecule has 1 aliphatic carbocycles. The summed E-state index contributed by atoms with van der Waals surface area (Å²) in [5, 5.41) is 5.67. The number of carbonyl (C=O) groups is 3. The molecule has 1 fully saturated rings. The van der Waals surface area contributed by atoms with E-state index in [2.05, 4.69) is 10.6 Å². The molecule has 146 valence electrons. The lowest BCUT2D eigenvalue weighted by atomic mass is 10.1. The van der Waals surface area contributed by atoms with E-state index in [0.29, 0.717) is 16.8 Å². The van der Waals surface area contributed by atoms with E-state index in [1.807, 2.05) is 6.07 Å². The fourth-order valence-electron chi connectivity index (χ4n) is 3.32. The first-order valence-corrected chi connectivity index (χ1v) is 9.47. The molecule has 0 spiro atoms. The van der Waals surface area contributed by atoms with Gasteiger partial charge in [-0.15, -0.1) is 0 Å². The van der Waals surface area contributed by atoms with Gasteiger partial charge in [0.25, 0.3) is 11.8 Å². The molecule has 0 atom stereocenters. The second kappa shape index (κ2) is 9.17. The maximum atomic E-state index is 12.5. The molecule has 0 aliphatic heterocycles. The number of rotatable bonds is 6. The quantitative estimate of drug-likeness (QED) is 0.752. The third kappa shape index (κ3) is 4.97. The Balaban J connectivity index is 1.59. The van der Waals surface area contributed by atoms with Crippen LogP contribution in [0.1, 0.15) is 52.0 Å². The predicted molar refractivity (Wildman–Crippen MR) is 106 cm³/mol. The fraction of sp³-hybridized carbons (Fsp3) is 0.318. The van der Waals surface area contributed by atoms with Gasteiger partial charge in [-0.25, -0.2) is 4.79 Å². The molecule has 1 saturated carbocycles. The van der Waals surface area contributed by atoms with Gasteiger partial charge in [0.05, 0.1) is 16.8 Å². The van der Waals surface area contributed by atoms with Gasteiger partial charge in [-0.2, -0.15) is 0 Å². The van der Waals surface area contributed by atoms with E-state index in [1.165, 1.54) is 0 Å². The number of carbonyl (C=O) groups excluding carboxylic acids is 3. The zero-order valence-corrected chi connectivity index (χ0v) is 15.9. The molecule has 0 aromatic heterocycles. The van der Waals surface area contributed by atoms with Crippen molar-refractivity contribution in [1.82, 2.24) is 5.32 Å². The van der Waals surface area contributed by atoms with Crippen molar-refractivity contribution in [3.05, 3.63) is 65.2 Å². The Bertz CT molecular complexity index is 872. The minimum atomic E-state index is -0.555. The van der Waals surface area contributed by atoms with Crippen LogP contribution in [0.3, 0.4) is 0 Å². The van der Waals surface area contributed by atoms with E-state index in [9.17, 15) is 14.4 Å². The maximum Gasteiger partial charge on any atom is 0.338 e. The average molecular weight is 380 g/mol. The first-order chi connectivity index (χ1) is 13.5. The number of aryl methyl sites for hydroxylation is 1. The molecular formula is C22H24N2O4. The Morgan fingerprint density at radius 1 is 0.964 bits per heavy atom. The molecule has 3 rings (SSSR count). The van der Waals surface area contributed by atoms with Crippen LogP contribution in [0.5, 0.6) is 0 Å². The normalized spacial score (nSPS) is 13.8. The molecule has 0 radical (unpaired) electrons.